The van der Waals surface area contributed by atoms with Crippen LogP contribution in [0.3, 0.4) is 0 Å². The van der Waals surface area contributed by atoms with Crippen molar-refractivity contribution in [2.45, 2.75) is 46.1 Å². The first kappa shape index (κ1) is 23.0. The fourth-order valence-corrected chi connectivity index (χ4v) is 4.87. The van der Waals surface area contributed by atoms with E-state index in [-0.39, 0.29) is 24.1 Å². The zero-order chi connectivity index (χ0) is 22.7. The number of hydrogen-bond donors (Lipinski definition) is 2. The maximum atomic E-state index is 12.5. The van der Waals surface area contributed by atoms with E-state index in [1.165, 1.54) is 12.1 Å². The summed E-state index contributed by atoms with van der Waals surface area (Å²) in [5, 5.41) is 23.1. The zero-order valence-electron chi connectivity index (χ0n) is 18.2. The van der Waals surface area contributed by atoms with Crippen molar-refractivity contribution in [2.24, 2.45) is 23.7 Å². The summed E-state index contributed by atoms with van der Waals surface area (Å²) in [4.78, 5) is 36.2. The monoisotopic (exact) mass is 433 g/mol. The molecule has 31 heavy (non-hydrogen) atoms. The van der Waals surface area contributed by atoms with E-state index in [9.17, 15) is 19.7 Å². The molecule has 9 nitrogen and oxygen atoms in total. The van der Waals surface area contributed by atoms with E-state index in [4.69, 9.17) is 9.84 Å². The molecule has 1 aromatic carbocycles. The van der Waals surface area contributed by atoms with Crippen molar-refractivity contribution >= 4 is 28.9 Å². The van der Waals surface area contributed by atoms with Crippen molar-refractivity contribution in [1.29, 1.82) is 0 Å². The SMILES string of the molecule is CC(C)C1C(C)CCCC1OCC(=O)Nc1cc(N2CC(C(=O)O)C2)ccc1[N+](=O)[O-]. The van der Waals surface area contributed by atoms with Gasteiger partial charge in [-0.2, -0.15) is 0 Å². The average Bonchev–Trinajstić information content (AvgIpc) is 2.64. The predicted molar refractivity (Wildman–Crippen MR) is 116 cm³/mol. The Bertz CT molecular complexity index is 837. The molecule has 1 aromatic rings. The van der Waals surface area contributed by atoms with Crippen LogP contribution in [0, 0.1) is 33.8 Å². The summed E-state index contributed by atoms with van der Waals surface area (Å²) in [6, 6.07) is 4.42. The molecule has 0 bridgehead atoms. The molecule has 2 fully saturated rings. The van der Waals surface area contributed by atoms with Crippen LogP contribution in [0.2, 0.25) is 0 Å². The number of rotatable bonds is 8. The fourth-order valence-electron chi connectivity index (χ4n) is 4.87. The third kappa shape index (κ3) is 5.33. The van der Waals surface area contributed by atoms with Crippen LogP contribution < -0.4 is 10.2 Å². The molecule has 3 atom stereocenters. The van der Waals surface area contributed by atoms with Crippen LogP contribution in [-0.4, -0.2) is 47.7 Å². The first-order valence-corrected chi connectivity index (χ1v) is 10.8. The number of aliphatic carboxylic acids is 1. The minimum atomic E-state index is -0.861. The lowest BCUT2D eigenvalue weighted by molar-refractivity contribution is -0.383. The molecule has 1 aliphatic heterocycles. The van der Waals surface area contributed by atoms with Crippen molar-refractivity contribution in [3.8, 4) is 0 Å². The number of carbonyl (C=O) groups is 2. The van der Waals surface area contributed by atoms with Crippen LogP contribution in [-0.2, 0) is 14.3 Å². The van der Waals surface area contributed by atoms with E-state index in [0.29, 0.717) is 36.5 Å². The van der Waals surface area contributed by atoms with E-state index in [0.717, 1.165) is 19.3 Å². The maximum absolute atomic E-state index is 12.5. The Morgan fingerprint density at radius 1 is 1.32 bits per heavy atom. The third-order valence-electron chi connectivity index (χ3n) is 6.48. The molecule has 1 amide bonds. The molecule has 0 radical (unpaired) electrons. The highest BCUT2D eigenvalue weighted by atomic mass is 16.6. The summed E-state index contributed by atoms with van der Waals surface area (Å²) in [5.41, 5.74) is 0.520. The zero-order valence-corrected chi connectivity index (χ0v) is 18.2. The Labute approximate surface area is 181 Å². The lowest BCUT2D eigenvalue weighted by Crippen LogP contribution is -2.50. The van der Waals surface area contributed by atoms with Crippen LogP contribution >= 0.6 is 0 Å². The number of nitro groups is 1. The van der Waals surface area contributed by atoms with Gasteiger partial charge >= 0.3 is 5.97 Å². The smallest absolute Gasteiger partial charge is 0.310 e. The van der Waals surface area contributed by atoms with Gasteiger partial charge in [0.2, 0.25) is 0 Å². The number of benzene rings is 1. The van der Waals surface area contributed by atoms with E-state index in [1.807, 2.05) is 4.90 Å². The molecule has 1 heterocycles. The van der Waals surface area contributed by atoms with E-state index in [2.05, 4.69) is 26.1 Å². The molecule has 1 saturated heterocycles. The number of amides is 1. The Kier molecular flexibility index (Phi) is 7.15. The first-order valence-electron chi connectivity index (χ1n) is 10.8. The fraction of sp³-hybridized carbons (Fsp3) is 0.636. The highest BCUT2D eigenvalue weighted by Crippen LogP contribution is 2.37. The second kappa shape index (κ2) is 9.64. The predicted octanol–water partition coefficient (Wildman–Crippen LogP) is 3.53. The largest absolute Gasteiger partial charge is 0.481 e. The van der Waals surface area contributed by atoms with Gasteiger partial charge in [0.15, 0.2) is 0 Å². The van der Waals surface area contributed by atoms with Crippen LogP contribution in [0.15, 0.2) is 18.2 Å². The minimum Gasteiger partial charge on any atom is -0.481 e. The van der Waals surface area contributed by atoms with Gasteiger partial charge in [0, 0.05) is 24.8 Å². The molecule has 1 aliphatic carbocycles. The van der Waals surface area contributed by atoms with Gasteiger partial charge in [-0.25, -0.2) is 0 Å². The van der Waals surface area contributed by atoms with E-state index >= 15 is 0 Å². The van der Waals surface area contributed by atoms with Crippen molar-refractivity contribution in [3.63, 3.8) is 0 Å². The Morgan fingerprint density at radius 3 is 2.65 bits per heavy atom. The second-order valence-electron chi connectivity index (χ2n) is 9.03. The van der Waals surface area contributed by atoms with Crippen molar-refractivity contribution < 1.29 is 24.4 Å². The van der Waals surface area contributed by atoms with Gasteiger partial charge in [-0.05, 0) is 36.3 Å². The average molecular weight is 434 g/mol. The maximum Gasteiger partial charge on any atom is 0.310 e. The number of nitro benzene ring substituents is 1. The van der Waals surface area contributed by atoms with Gasteiger partial charge in [-0.1, -0.05) is 33.6 Å². The number of hydrogen-bond acceptors (Lipinski definition) is 6. The number of ether oxygens (including phenoxy) is 1. The Hall–Kier alpha value is -2.68. The summed E-state index contributed by atoms with van der Waals surface area (Å²) in [6.07, 6.45) is 3.14. The minimum absolute atomic E-state index is 0.00450. The van der Waals surface area contributed by atoms with Gasteiger partial charge in [-0.15, -0.1) is 0 Å². The second-order valence-corrected chi connectivity index (χ2v) is 9.03. The van der Waals surface area contributed by atoms with Gasteiger partial charge in [0.25, 0.3) is 11.6 Å². The van der Waals surface area contributed by atoms with Crippen LogP contribution in [0.5, 0.6) is 0 Å². The number of carboxylic acids is 1. The van der Waals surface area contributed by atoms with Crippen molar-refractivity contribution in [1.82, 2.24) is 0 Å². The van der Waals surface area contributed by atoms with Gasteiger partial charge < -0.3 is 20.1 Å². The number of carboxylic acid groups (broad SMARTS) is 1. The lowest BCUT2D eigenvalue weighted by Gasteiger charge is -2.39. The third-order valence-corrected chi connectivity index (χ3v) is 6.48. The van der Waals surface area contributed by atoms with E-state index in [1.54, 1.807) is 6.07 Å². The molecule has 0 spiro atoms. The number of nitrogens with one attached hydrogen (secondary N) is 1. The topological polar surface area (TPSA) is 122 Å². The molecular formula is C22H31N3O6. The molecular weight excluding hydrogens is 402 g/mol. The standard InChI is InChI=1S/C22H31N3O6/c1-13(2)21-14(3)5-4-6-19(21)31-12-20(26)23-17-9-16(7-8-18(17)25(29)30)24-10-15(11-24)22(27)28/h7-9,13-15,19,21H,4-6,10-12H2,1-3H3,(H,23,26)(H,27,28). The summed E-state index contributed by atoms with van der Waals surface area (Å²) >= 11 is 0. The quantitative estimate of drug-likeness (QED) is 0.475. The van der Waals surface area contributed by atoms with Crippen LogP contribution in [0.1, 0.15) is 40.0 Å². The van der Waals surface area contributed by atoms with Crippen molar-refractivity contribution in [3.05, 3.63) is 28.3 Å². The summed E-state index contributed by atoms with van der Waals surface area (Å²) in [5.74, 6) is -0.382. The lowest BCUT2D eigenvalue weighted by atomic mass is 9.72. The molecule has 3 rings (SSSR count). The summed E-state index contributed by atoms with van der Waals surface area (Å²) in [6.45, 7) is 7.07. The molecule has 0 aromatic heterocycles. The Balaban J connectivity index is 1.65. The molecule has 170 valence electrons. The van der Waals surface area contributed by atoms with Gasteiger partial charge in [-0.3, -0.25) is 19.7 Å². The van der Waals surface area contributed by atoms with Gasteiger partial charge in [0.1, 0.15) is 12.3 Å². The highest BCUT2D eigenvalue weighted by molar-refractivity contribution is 5.94. The number of carbonyl (C=O) groups excluding carboxylic acids is 1. The van der Waals surface area contributed by atoms with E-state index < -0.39 is 22.7 Å². The molecule has 3 unspecified atom stereocenters. The van der Waals surface area contributed by atoms with Crippen LogP contribution in [0.25, 0.3) is 0 Å². The van der Waals surface area contributed by atoms with Crippen LogP contribution in [0.4, 0.5) is 17.1 Å². The Morgan fingerprint density at radius 2 is 2.03 bits per heavy atom. The molecule has 2 aliphatic rings. The highest BCUT2D eigenvalue weighted by Gasteiger charge is 2.35. The molecule has 1 saturated carbocycles. The first-order chi connectivity index (χ1) is 14.7. The summed E-state index contributed by atoms with van der Waals surface area (Å²) in [7, 11) is 0. The number of anilines is 2. The summed E-state index contributed by atoms with van der Waals surface area (Å²) < 4.78 is 5.95. The molecule has 9 heteroatoms. The van der Waals surface area contributed by atoms with Crippen molar-refractivity contribution in [2.75, 3.05) is 29.9 Å². The number of nitrogens with zero attached hydrogens (tertiary/aromatic N) is 2. The van der Waals surface area contributed by atoms with Gasteiger partial charge in [0.05, 0.1) is 16.9 Å². The molecule has 2 N–H and O–H groups in total. The normalized spacial score (nSPS) is 24.0.